The summed E-state index contributed by atoms with van der Waals surface area (Å²) in [6, 6.07) is 10.5. The van der Waals surface area contributed by atoms with Crippen LogP contribution in [0.4, 0.5) is 10.5 Å². The van der Waals surface area contributed by atoms with Crippen molar-refractivity contribution in [3.8, 4) is 0 Å². The van der Waals surface area contributed by atoms with Gasteiger partial charge in [-0.05, 0) is 24.5 Å². The quantitative estimate of drug-likeness (QED) is 0.819. The molecule has 3 aliphatic heterocycles. The van der Waals surface area contributed by atoms with Crippen molar-refractivity contribution in [2.75, 3.05) is 57.3 Å². The van der Waals surface area contributed by atoms with E-state index >= 15 is 0 Å². The van der Waals surface area contributed by atoms with Crippen LogP contribution in [0.3, 0.4) is 0 Å². The van der Waals surface area contributed by atoms with E-state index in [1.54, 1.807) is 0 Å². The number of benzene rings is 1. The van der Waals surface area contributed by atoms with Crippen molar-refractivity contribution in [3.05, 3.63) is 30.3 Å². The Balaban J connectivity index is 1.22. The zero-order valence-corrected chi connectivity index (χ0v) is 15.1. The van der Waals surface area contributed by atoms with Crippen molar-refractivity contribution in [1.82, 2.24) is 20.4 Å². The molecule has 26 heavy (non-hydrogen) atoms. The summed E-state index contributed by atoms with van der Waals surface area (Å²) in [6.07, 6.45) is 1.06. The van der Waals surface area contributed by atoms with Crippen molar-refractivity contribution in [3.63, 3.8) is 0 Å². The Bertz CT molecular complexity index is 645. The molecule has 3 saturated heterocycles. The van der Waals surface area contributed by atoms with E-state index in [4.69, 9.17) is 0 Å². The molecule has 7 nitrogen and oxygen atoms in total. The average Bonchev–Trinajstić information content (AvgIpc) is 3.30. The minimum atomic E-state index is -0.0996. The van der Waals surface area contributed by atoms with Crippen LogP contribution in [0, 0.1) is 5.92 Å². The topological polar surface area (TPSA) is 67.9 Å². The van der Waals surface area contributed by atoms with Gasteiger partial charge < -0.3 is 25.3 Å². The third-order valence-electron chi connectivity index (χ3n) is 5.85. The number of fused-ring (bicyclic) bond motifs is 1. The van der Waals surface area contributed by atoms with E-state index in [0.29, 0.717) is 25.0 Å². The number of nitrogens with one attached hydrogen (secondary N) is 2. The summed E-state index contributed by atoms with van der Waals surface area (Å²) in [7, 11) is 0. The molecule has 2 atom stereocenters. The fraction of sp³-hybridized carbons (Fsp3) is 0.579. The van der Waals surface area contributed by atoms with E-state index in [2.05, 4.69) is 27.7 Å². The van der Waals surface area contributed by atoms with Gasteiger partial charge in [0.05, 0.1) is 6.54 Å². The Kier molecular flexibility index (Phi) is 4.97. The number of hydrogen-bond donors (Lipinski definition) is 2. The van der Waals surface area contributed by atoms with Gasteiger partial charge in [0.15, 0.2) is 0 Å². The summed E-state index contributed by atoms with van der Waals surface area (Å²) < 4.78 is 0. The van der Waals surface area contributed by atoms with Crippen LogP contribution in [-0.4, -0.2) is 80.1 Å². The molecule has 2 N–H and O–H groups in total. The van der Waals surface area contributed by atoms with Crippen LogP contribution in [0.1, 0.15) is 6.42 Å². The molecule has 4 rings (SSSR count). The lowest BCUT2D eigenvalue weighted by Crippen LogP contribution is -2.53. The summed E-state index contributed by atoms with van der Waals surface area (Å²) >= 11 is 0. The number of likely N-dealkylation sites (tertiary alicyclic amines) is 1. The Hall–Kier alpha value is -2.28. The highest BCUT2D eigenvalue weighted by Crippen LogP contribution is 2.26. The normalized spacial score (nSPS) is 25.3. The maximum Gasteiger partial charge on any atom is 0.318 e. The van der Waals surface area contributed by atoms with Gasteiger partial charge in [-0.2, -0.15) is 0 Å². The van der Waals surface area contributed by atoms with Crippen molar-refractivity contribution < 1.29 is 9.59 Å². The zero-order chi connectivity index (χ0) is 17.9. The van der Waals surface area contributed by atoms with Gasteiger partial charge in [-0.1, -0.05) is 18.2 Å². The number of rotatable bonds is 3. The standard InChI is InChI=1S/C19H27N5O2/c25-18(14-21-19(26)24-7-6-15-12-20-13-17(15)24)23-10-8-22(9-11-23)16-4-2-1-3-5-16/h1-5,15,17,20H,6-14H2,(H,21,26)/t15-,17+/m1/s1. The first-order valence-corrected chi connectivity index (χ1v) is 9.55. The molecular formula is C19H27N5O2. The molecule has 1 aromatic carbocycles. The molecule has 0 aliphatic carbocycles. The fourth-order valence-corrected chi connectivity index (χ4v) is 4.32. The maximum atomic E-state index is 12.5. The van der Waals surface area contributed by atoms with Crippen molar-refractivity contribution in [1.29, 1.82) is 0 Å². The summed E-state index contributed by atoms with van der Waals surface area (Å²) in [5.41, 5.74) is 1.20. The molecule has 3 fully saturated rings. The monoisotopic (exact) mass is 357 g/mol. The lowest BCUT2D eigenvalue weighted by atomic mass is 10.1. The second-order valence-corrected chi connectivity index (χ2v) is 7.33. The third-order valence-corrected chi connectivity index (χ3v) is 5.85. The number of amides is 3. The van der Waals surface area contributed by atoms with E-state index in [0.717, 1.165) is 39.1 Å². The molecule has 0 saturated carbocycles. The zero-order valence-electron chi connectivity index (χ0n) is 15.1. The summed E-state index contributed by atoms with van der Waals surface area (Å²) in [5, 5.41) is 6.17. The van der Waals surface area contributed by atoms with Gasteiger partial charge in [0.25, 0.3) is 0 Å². The van der Waals surface area contributed by atoms with E-state index in [1.807, 2.05) is 28.0 Å². The van der Waals surface area contributed by atoms with Gasteiger partial charge in [-0.3, -0.25) is 4.79 Å². The van der Waals surface area contributed by atoms with Crippen LogP contribution in [0.25, 0.3) is 0 Å². The lowest BCUT2D eigenvalue weighted by molar-refractivity contribution is -0.130. The van der Waals surface area contributed by atoms with Crippen molar-refractivity contribution in [2.45, 2.75) is 12.5 Å². The Morgan fingerprint density at radius 2 is 1.81 bits per heavy atom. The Morgan fingerprint density at radius 1 is 1.04 bits per heavy atom. The van der Waals surface area contributed by atoms with Crippen molar-refractivity contribution >= 4 is 17.6 Å². The predicted molar refractivity (Wildman–Crippen MR) is 100 cm³/mol. The fourth-order valence-electron chi connectivity index (χ4n) is 4.32. The molecule has 0 aromatic heterocycles. The van der Waals surface area contributed by atoms with Gasteiger partial charge in [0.2, 0.25) is 5.91 Å². The SMILES string of the molecule is O=C(CNC(=O)N1CC[C@@H]2CNC[C@@H]21)N1CCN(c2ccccc2)CC1. The maximum absolute atomic E-state index is 12.5. The number of piperazine rings is 1. The van der Waals surface area contributed by atoms with Crippen LogP contribution in [0.2, 0.25) is 0 Å². The first kappa shape index (κ1) is 17.1. The van der Waals surface area contributed by atoms with Crippen LogP contribution in [0.15, 0.2) is 30.3 Å². The molecular weight excluding hydrogens is 330 g/mol. The number of nitrogens with zero attached hydrogens (tertiary/aromatic N) is 3. The molecule has 3 heterocycles. The molecule has 0 unspecified atom stereocenters. The number of hydrogen-bond acceptors (Lipinski definition) is 4. The first-order valence-electron chi connectivity index (χ1n) is 9.55. The van der Waals surface area contributed by atoms with Gasteiger partial charge >= 0.3 is 6.03 Å². The number of para-hydroxylation sites is 1. The minimum absolute atomic E-state index is 0.00588. The van der Waals surface area contributed by atoms with Gasteiger partial charge in [0, 0.05) is 57.5 Å². The molecule has 7 heteroatoms. The van der Waals surface area contributed by atoms with E-state index in [9.17, 15) is 9.59 Å². The van der Waals surface area contributed by atoms with Crippen LogP contribution in [-0.2, 0) is 4.79 Å². The third kappa shape index (κ3) is 3.49. The molecule has 0 radical (unpaired) electrons. The highest BCUT2D eigenvalue weighted by molar-refractivity contribution is 5.84. The highest BCUT2D eigenvalue weighted by atomic mass is 16.2. The number of carbonyl (C=O) groups is 2. The number of urea groups is 1. The molecule has 1 aromatic rings. The smallest absolute Gasteiger partial charge is 0.318 e. The Morgan fingerprint density at radius 3 is 2.58 bits per heavy atom. The predicted octanol–water partition coefficient (Wildman–Crippen LogP) is 0.339. The molecule has 0 spiro atoms. The first-order chi connectivity index (χ1) is 12.7. The summed E-state index contributed by atoms with van der Waals surface area (Å²) in [4.78, 5) is 30.9. The van der Waals surface area contributed by atoms with Crippen LogP contribution >= 0.6 is 0 Å². The lowest BCUT2D eigenvalue weighted by Gasteiger charge is -2.36. The summed E-state index contributed by atoms with van der Waals surface area (Å²) in [5.74, 6) is 0.578. The second kappa shape index (κ2) is 7.53. The van der Waals surface area contributed by atoms with E-state index in [1.165, 1.54) is 5.69 Å². The number of anilines is 1. The van der Waals surface area contributed by atoms with Gasteiger partial charge in [-0.15, -0.1) is 0 Å². The van der Waals surface area contributed by atoms with Crippen molar-refractivity contribution in [2.24, 2.45) is 5.92 Å². The average molecular weight is 357 g/mol. The van der Waals surface area contributed by atoms with Gasteiger partial charge in [-0.25, -0.2) is 4.79 Å². The van der Waals surface area contributed by atoms with E-state index in [-0.39, 0.29) is 18.5 Å². The van der Waals surface area contributed by atoms with E-state index < -0.39 is 0 Å². The largest absolute Gasteiger partial charge is 0.368 e. The minimum Gasteiger partial charge on any atom is -0.368 e. The second-order valence-electron chi connectivity index (χ2n) is 7.33. The molecule has 140 valence electrons. The number of carbonyl (C=O) groups excluding carboxylic acids is 2. The molecule has 0 bridgehead atoms. The molecule has 3 amide bonds. The highest BCUT2D eigenvalue weighted by Gasteiger charge is 2.40. The van der Waals surface area contributed by atoms with Gasteiger partial charge in [0.1, 0.15) is 0 Å². The Labute approximate surface area is 154 Å². The van der Waals surface area contributed by atoms with Crippen LogP contribution < -0.4 is 15.5 Å². The summed E-state index contributed by atoms with van der Waals surface area (Å²) in [6.45, 7) is 5.80. The van der Waals surface area contributed by atoms with Crippen LogP contribution in [0.5, 0.6) is 0 Å². The molecule has 3 aliphatic rings.